The molecule has 1 fully saturated rings. The number of benzene rings is 2. The van der Waals surface area contributed by atoms with Gasteiger partial charge < -0.3 is 20.3 Å². The molecular formula is C22H24N4O3. The van der Waals surface area contributed by atoms with Crippen molar-refractivity contribution in [3.8, 4) is 0 Å². The Morgan fingerprint density at radius 3 is 2.86 bits per heavy atom. The number of carbonyl (C=O) groups excluding carboxylic acids is 1. The number of aromatic nitrogens is 2. The zero-order valence-corrected chi connectivity index (χ0v) is 16.3. The number of carbonyl (C=O) groups is 2. The van der Waals surface area contributed by atoms with Gasteiger partial charge in [0.25, 0.3) is 5.91 Å². The molecule has 3 aromatic rings. The summed E-state index contributed by atoms with van der Waals surface area (Å²) in [5.74, 6) is 0.0173. The van der Waals surface area contributed by atoms with Crippen molar-refractivity contribution < 1.29 is 14.7 Å². The summed E-state index contributed by atoms with van der Waals surface area (Å²) in [6.45, 7) is 3.09. The predicted octanol–water partition coefficient (Wildman–Crippen LogP) is 3.39. The van der Waals surface area contributed by atoms with Crippen LogP contribution >= 0.6 is 0 Å². The van der Waals surface area contributed by atoms with Crippen molar-refractivity contribution in [1.82, 2.24) is 14.9 Å². The van der Waals surface area contributed by atoms with Crippen molar-refractivity contribution in [2.45, 2.75) is 25.7 Å². The third-order valence-electron chi connectivity index (χ3n) is 5.42. The fourth-order valence-electron chi connectivity index (χ4n) is 3.94. The van der Waals surface area contributed by atoms with Crippen molar-refractivity contribution in [2.75, 3.05) is 25.0 Å². The van der Waals surface area contributed by atoms with Gasteiger partial charge in [-0.1, -0.05) is 24.3 Å². The van der Waals surface area contributed by atoms with Gasteiger partial charge in [0.2, 0.25) is 0 Å². The number of para-hydroxylation sites is 2. The Hall–Kier alpha value is -3.35. The maximum absolute atomic E-state index is 13.2. The molecule has 1 aromatic heterocycles. The Morgan fingerprint density at radius 1 is 1.24 bits per heavy atom. The number of hydrogen-bond acceptors (Lipinski definition) is 4. The standard InChI is InChI=1S/C22H24N4O3/c1-14-6-4-10-18-20(14)25-21(24-18)15-7-5-11-26(13-15)22(29)16-8-2-3-9-17(16)23-12-19(27)28/h2-4,6,8-10,15,23H,5,7,11-13H2,1H3,(H,24,25)(H,27,28). The number of aliphatic carboxylic acids is 1. The van der Waals surface area contributed by atoms with Crippen LogP contribution < -0.4 is 5.32 Å². The van der Waals surface area contributed by atoms with Gasteiger partial charge in [0.05, 0.1) is 16.6 Å². The summed E-state index contributed by atoms with van der Waals surface area (Å²) in [6.07, 6.45) is 1.87. The van der Waals surface area contributed by atoms with Gasteiger partial charge in [-0.25, -0.2) is 4.98 Å². The largest absolute Gasteiger partial charge is 0.480 e. The number of likely N-dealkylation sites (tertiary alicyclic amines) is 1. The Morgan fingerprint density at radius 2 is 2.07 bits per heavy atom. The van der Waals surface area contributed by atoms with E-state index in [0.717, 1.165) is 35.3 Å². The minimum absolute atomic E-state index is 0.0875. The molecule has 1 unspecified atom stereocenters. The maximum Gasteiger partial charge on any atom is 0.322 e. The number of aryl methyl sites for hydroxylation is 1. The minimum Gasteiger partial charge on any atom is -0.480 e. The number of fused-ring (bicyclic) bond motifs is 1. The van der Waals surface area contributed by atoms with Crippen LogP contribution in [0.15, 0.2) is 42.5 Å². The van der Waals surface area contributed by atoms with E-state index in [2.05, 4.69) is 10.3 Å². The molecule has 2 aromatic carbocycles. The molecule has 1 aliphatic heterocycles. The first kappa shape index (κ1) is 19.0. The number of piperidine rings is 1. The molecule has 7 nitrogen and oxygen atoms in total. The summed E-state index contributed by atoms with van der Waals surface area (Å²) in [6, 6.07) is 13.1. The Bertz CT molecular complexity index is 1060. The first-order chi connectivity index (χ1) is 14.0. The van der Waals surface area contributed by atoms with Gasteiger partial charge in [-0.3, -0.25) is 9.59 Å². The molecule has 2 heterocycles. The lowest BCUT2D eigenvalue weighted by Gasteiger charge is -2.32. The van der Waals surface area contributed by atoms with E-state index in [0.29, 0.717) is 24.3 Å². The Balaban J connectivity index is 1.54. The monoisotopic (exact) mass is 392 g/mol. The molecule has 29 heavy (non-hydrogen) atoms. The molecule has 3 N–H and O–H groups in total. The van der Waals surface area contributed by atoms with Crippen LogP contribution in [-0.4, -0.2) is 51.5 Å². The second-order valence-corrected chi connectivity index (χ2v) is 7.48. The molecule has 7 heteroatoms. The van der Waals surface area contributed by atoms with Crippen LogP contribution in [0.1, 0.15) is 40.5 Å². The lowest BCUT2D eigenvalue weighted by molar-refractivity contribution is -0.134. The normalized spacial score (nSPS) is 16.7. The Kier molecular flexibility index (Phi) is 5.20. The third kappa shape index (κ3) is 3.94. The molecule has 150 valence electrons. The molecule has 4 rings (SSSR count). The molecule has 1 aliphatic rings. The highest BCUT2D eigenvalue weighted by atomic mass is 16.4. The first-order valence-corrected chi connectivity index (χ1v) is 9.82. The van der Waals surface area contributed by atoms with E-state index < -0.39 is 5.97 Å². The summed E-state index contributed by atoms with van der Waals surface area (Å²) in [4.78, 5) is 34.1. The fraction of sp³-hybridized carbons (Fsp3) is 0.318. The average Bonchev–Trinajstić information content (AvgIpc) is 3.18. The Labute approximate surface area is 168 Å². The highest BCUT2D eigenvalue weighted by molar-refractivity contribution is 6.00. The number of anilines is 1. The number of aromatic amines is 1. The number of carboxylic acid groups (broad SMARTS) is 1. The number of carboxylic acids is 1. The molecule has 1 saturated heterocycles. The average molecular weight is 392 g/mol. The van der Waals surface area contributed by atoms with E-state index in [1.54, 1.807) is 24.3 Å². The highest BCUT2D eigenvalue weighted by Crippen LogP contribution is 2.29. The smallest absolute Gasteiger partial charge is 0.322 e. The van der Waals surface area contributed by atoms with E-state index >= 15 is 0 Å². The second kappa shape index (κ2) is 7.95. The van der Waals surface area contributed by atoms with Crippen LogP contribution in [0.2, 0.25) is 0 Å². The molecule has 1 amide bonds. The molecule has 0 aliphatic carbocycles. The maximum atomic E-state index is 13.2. The van der Waals surface area contributed by atoms with Crippen molar-refractivity contribution in [3.05, 3.63) is 59.4 Å². The fourth-order valence-corrected chi connectivity index (χ4v) is 3.94. The summed E-state index contributed by atoms with van der Waals surface area (Å²) in [7, 11) is 0. The van der Waals surface area contributed by atoms with Crippen molar-refractivity contribution in [3.63, 3.8) is 0 Å². The summed E-state index contributed by atoms with van der Waals surface area (Å²) >= 11 is 0. The summed E-state index contributed by atoms with van der Waals surface area (Å²) in [5.41, 5.74) is 4.17. The van der Waals surface area contributed by atoms with Crippen molar-refractivity contribution in [1.29, 1.82) is 0 Å². The molecule has 0 bridgehead atoms. The quantitative estimate of drug-likeness (QED) is 0.618. The molecule has 1 atom stereocenters. The molecular weight excluding hydrogens is 368 g/mol. The predicted molar refractivity (Wildman–Crippen MR) is 111 cm³/mol. The third-order valence-corrected chi connectivity index (χ3v) is 5.42. The number of amides is 1. The van der Waals surface area contributed by atoms with Gasteiger partial charge in [0.15, 0.2) is 0 Å². The van der Waals surface area contributed by atoms with Gasteiger partial charge in [0, 0.05) is 24.7 Å². The molecule has 0 spiro atoms. The van der Waals surface area contributed by atoms with Crippen LogP contribution in [0.3, 0.4) is 0 Å². The van der Waals surface area contributed by atoms with E-state index in [1.165, 1.54) is 0 Å². The van der Waals surface area contributed by atoms with E-state index in [1.807, 2.05) is 30.0 Å². The van der Waals surface area contributed by atoms with E-state index in [9.17, 15) is 9.59 Å². The number of hydrogen-bond donors (Lipinski definition) is 3. The number of nitrogens with one attached hydrogen (secondary N) is 2. The number of H-pyrrole nitrogens is 1. The van der Waals surface area contributed by atoms with Gasteiger partial charge in [0.1, 0.15) is 12.4 Å². The molecule has 0 saturated carbocycles. The van der Waals surface area contributed by atoms with E-state index in [-0.39, 0.29) is 18.4 Å². The highest BCUT2D eigenvalue weighted by Gasteiger charge is 2.28. The van der Waals surface area contributed by atoms with Crippen LogP contribution in [0.5, 0.6) is 0 Å². The minimum atomic E-state index is -0.967. The second-order valence-electron chi connectivity index (χ2n) is 7.48. The first-order valence-electron chi connectivity index (χ1n) is 9.82. The van der Waals surface area contributed by atoms with Crippen molar-refractivity contribution >= 4 is 28.6 Å². The number of imidazole rings is 1. The van der Waals surface area contributed by atoms with Crippen LogP contribution in [-0.2, 0) is 4.79 Å². The zero-order valence-electron chi connectivity index (χ0n) is 16.3. The lowest BCUT2D eigenvalue weighted by atomic mass is 9.96. The van der Waals surface area contributed by atoms with Gasteiger partial charge in [-0.15, -0.1) is 0 Å². The van der Waals surface area contributed by atoms with Gasteiger partial charge in [-0.05, 0) is 43.5 Å². The van der Waals surface area contributed by atoms with Gasteiger partial charge in [-0.2, -0.15) is 0 Å². The van der Waals surface area contributed by atoms with Gasteiger partial charge >= 0.3 is 5.97 Å². The molecule has 0 radical (unpaired) electrons. The summed E-state index contributed by atoms with van der Waals surface area (Å²) in [5, 5.41) is 11.8. The lowest BCUT2D eigenvalue weighted by Crippen LogP contribution is -2.39. The van der Waals surface area contributed by atoms with Crippen LogP contribution in [0.25, 0.3) is 11.0 Å². The SMILES string of the molecule is Cc1cccc2[nH]c(C3CCCN(C(=O)c4ccccc4NCC(=O)O)C3)nc12. The number of nitrogens with zero attached hydrogens (tertiary/aromatic N) is 2. The van der Waals surface area contributed by atoms with Crippen LogP contribution in [0.4, 0.5) is 5.69 Å². The van der Waals surface area contributed by atoms with Crippen molar-refractivity contribution in [2.24, 2.45) is 0 Å². The van der Waals surface area contributed by atoms with E-state index in [4.69, 9.17) is 10.1 Å². The summed E-state index contributed by atoms with van der Waals surface area (Å²) < 4.78 is 0. The number of rotatable bonds is 5. The zero-order chi connectivity index (χ0) is 20.4. The van der Waals surface area contributed by atoms with Crippen LogP contribution in [0, 0.1) is 6.92 Å². The topological polar surface area (TPSA) is 98.3 Å².